The maximum Gasteiger partial charge on any atom is 0.324 e. The number of pyridine rings is 1. The number of carbonyl (C=O) groups excluding carboxylic acids is 1. The van der Waals surface area contributed by atoms with E-state index >= 15 is 0 Å². The van der Waals surface area contributed by atoms with E-state index in [9.17, 15) is 21.6 Å². The Morgan fingerprint density at radius 3 is 2.38 bits per heavy atom. The molecule has 1 aromatic carbocycles. The van der Waals surface area contributed by atoms with Crippen molar-refractivity contribution in [3.05, 3.63) is 54.4 Å². The van der Waals surface area contributed by atoms with Crippen molar-refractivity contribution in [3.63, 3.8) is 0 Å². The molecule has 1 aromatic heterocycles. The lowest BCUT2D eigenvalue weighted by molar-refractivity contribution is -0.144. The van der Waals surface area contributed by atoms with Gasteiger partial charge >= 0.3 is 5.97 Å². The number of nitrogens with zero attached hydrogens (tertiary/aromatic N) is 3. The van der Waals surface area contributed by atoms with Crippen molar-refractivity contribution < 1.29 is 31.1 Å². The predicted molar refractivity (Wildman–Crippen MR) is 116 cm³/mol. The molecule has 0 radical (unpaired) electrons. The number of benzene rings is 1. The van der Waals surface area contributed by atoms with Gasteiger partial charge in [0.15, 0.2) is 0 Å². The van der Waals surface area contributed by atoms with Crippen LogP contribution in [-0.2, 0) is 36.1 Å². The van der Waals surface area contributed by atoms with Crippen LogP contribution in [0.3, 0.4) is 0 Å². The molecule has 174 valence electrons. The van der Waals surface area contributed by atoms with Gasteiger partial charge in [0.05, 0.1) is 25.4 Å². The van der Waals surface area contributed by atoms with Crippen molar-refractivity contribution in [3.8, 4) is 5.75 Å². The molecular weight excluding hydrogens is 458 g/mol. The Bertz CT molecular complexity index is 1150. The van der Waals surface area contributed by atoms with Gasteiger partial charge in [-0.3, -0.25) is 9.78 Å². The number of ether oxygens (including phenoxy) is 2. The lowest BCUT2D eigenvalue weighted by atomic mass is 10.1. The summed E-state index contributed by atoms with van der Waals surface area (Å²) >= 11 is 0. The molecule has 12 heteroatoms. The minimum absolute atomic E-state index is 0.00164. The highest BCUT2D eigenvalue weighted by Crippen LogP contribution is 2.32. The first-order valence-corrected chi connectivity index (χ1v) is 13.0. The summed E-state index contributed by atoms with van der Waals surface area (Å²) in [5, 5.41) is 0. The second-order valence-electron chi connectivity index (χ2n) is 7.35. The van der Waals surface area contributed by atoms with E-state index in [2.05, 4.69) is 4.98 Å². The highest BCUT2D eigenvalue weighted by molar-refractivity contribution is 7.89. The van der Waals surface area contributed by atoms with E-state index in [1.807, 2.05) is 0 Å². The normalized spacial score (nSPS) is 19.8. The Morgan fingerprint density at radius 2 is 1.84 bits per heavy atom. The van der Waals surface area contributed by atoms with E-state index in [1.54, 1.807) is 18.3 Å². The number of hydrogen-bond donors (Lipinski definition) is 0. The maximum absolute atomic E-state index is 13.3. The van der Waals surface area contributed by atoms with Gasteiger partial charge in [0, 0.05) is 31.5 Å². The highest BCUT2D eigenvalue weighted by atomic mass is 32.2. The van der Waals surface area contributed by atoms with Crippen LogP contribution in [0.1, 0.15) is 12.0 Å². The largest absolute Gasteiger partial charge is 0.497 e. The predicted octanol–water partition coefficient (Wildman–Crippen LogP) is 0.857. The van der Waals surface area contributed by atoms with Crippen molar-refractivity contribution in [1.29, 1.82) is 0 Å². The monoisotopic (exact) mass is 483 g/mol. The molecule has 0 N–H and O–H groups in total. The summed E-state index contributed by atoms with van der Waals surface area (Å²) in [4.78, 5) is 16.4. The van der Waals surface area contributed by atoms with Crippen LogP contribution >= 0.6 is 0 Å². The van der Waals surface area contributed by atoms with Gasteiger partial charge in [0.2, 0.25) is 20.0 Å². The van der Waals surface area contributed by atoms with Crippen molar-refractivity contribution >= 4 is 26.0 Å². The fourth-order valence-corrected chi connectivity index (χ4v) is 6.38. The third-order valence-electron chi connectivity index (χ3n) is 5.27. The molecule has 1 saturated heterocycles. The number of rotatable bonds is 8. The van der Waals surface area contributed by atoms with Gasteiger partial charge in [-0.2, -0.15) is 8.61 Å². The van der Waals surface area contributed by atoms with E-state index in [-0.39, 0.29) is 24.4 Å². The smallest absolute Gasteiger partial charge is 0.324 e. The van der Waals surface area contributed by atoms with Crippen LogP contribution in [0.5, 0.6) is 5.75 Å². The van der Waals surface area contributed by atoms with Crippen LogP contribution in [-0.4, -0.2) is 75.5 Å². The van der Waals surface area contributed by atoms with Gasteiger partial charge in [0.1, 0.15) is 11.8 Å². The fraction of sp³-hybridized carbons (Fsp3) is 0.400. The van der Waals surface area contributed by atoms with Crippen LogP contribution < -0.4 is 4.74 Å². The molecule has 1 aliphatic heterocycles. The number of hydrogen-bond acceptors (Lipinski definition) is 8. The van der Waals surface area contributed by atoms with Crippen LogP contribution in [0.2, 0.25) is 0 Å². The molecule has 0 saturated carbocycles. The van der Waals surface area contributed by atoms with Gasteiger partial charge in [0.25, 0.3) is 0 Å². The molecule has 2 aromatic rings. The van der Waals surface area contributed by atoms with Gasteiger partial charge in [-0.15, -0.1) is 0 Å². The molecule has 2 atom stereocenters. The van der Waals surface area contributed by atoms with E-state index < -0.39 is 38.1 Å². The summed E-state index contributed by atoms with van der Waals surface area (Å²) in [6.45, 7) is -0.191. The highest BCUT2D eigenvalue weighted by Gasteiger charge is 2.47. The Balaban J connectivity index is 1.96. The minimum Gasteiger partial charge on any atom is -0.497 e. The molecule has 10 nitrogen and oxygen atoms in total. The number of carbonyl (C=O) groups is 1. The summed E-state index contributed by atoms with van der Waals surface area (Å²) in [6.07, 6.45) is 4.13. The summed E-state index contributed by atoms with van der Waals surface area (Å²) in [7, 11) is -5.21. The molecular formula is C20H25N3O7S2. The number of esters is 1. The Morgan fingerprint density at radius 1 is 1.16 bits per heavy atom. The van der Waals surface area contributed by atoms with E-state index in [0.717, 1.165) is 17.7 Å². The molecule has 0 spiro atoms. The van der Waals surface area contributed by atoms with E-state index in [1.165, 1.54) is 41.9 Å². The third kappa shape index (κ3) is 5.09. The van der Waals surface area contributed by atoms with Gasteiger partial charge in [-0.1, -0.05) is 6.07 Å². The van der Waals surface area contributed by atoms with Crippen LogP contribution in [0.15, 0.2) is 53.7 Å². The molecule has 32 heavy (non-hydrogen) atoms. The van der Waals surface area contributed by atoms with Gasteiger partial charge in [-0.25, -0.2) is 16.8 Å². The van der Waals surface area contributed by atoms with E-state index in [0.29, 0.717) is 11.3 Å². The van der Waals surface area contributed by atoms with Crippen molar-refractivity contribution in [2.45, 2.75) is 29.9 Å². The first kappa shape index (κ1) is 24.1. The fourth-order valence-electron chi connectivity index (χ4n) is 3.68. The van der Waals surface area contributed by atoms with Crippen molar-refractivity contribution in [1.82, 2.24) is 13.6 Å². The summed E-state index contributed by atoms with van der Waals surface area (Å²) in [5.41, 5.74) is 0.643. The van der Waals surface area contributed by atoms with Crippen LogP contribution in [0.25, 0.3) is 0 Å². The number of sulfonamides is 2. The molecule has 0 amide bonds. The van der Waals surface area contributed by atoms with Gasteiger partial charge in [-0.05, 0) is 42.3 Å². The maximum atomic E-state index is 13.3. The Labute approximate surface area is 187 Å². The first-order valence-electron chi connectivity index (χ1n) is 9.67. The molecule has 2 heterocycles. The molecule has 0 aliphatic carbocycles. The lowest BCUT2D eigenvalue weighted by Crippen LogP contribution is -2.42. The summed E-state index contributed by atoms with van der Waals surface area (Å²) < 4.78 is 63.9. The zero-order valence-electron chi connectivity index (χ0n) is 17.9. The van der Waals surface area contributed by atoms with E-state index in [4.69, 9.17) is 9.47 Å². The molecule has 1 aliphatic rings. The van der Waals surface area contributed by atoms with Crippen LogP contribution in [0, 0.1) is 0 Å². The number of aromatic nitrogens is 1. The summed E-state index contributed by atoms with van der Waals surface area (Å²) in [5.74, 6) is -0.271. The topological polar surface area (TPSA) is 123 Å². The standard InChI is InChI=1S/C20H25N3O7S2/c1-29-17-6-8-18(9-7-17)32(27,28)23-14-16(11-19(23)20(24)30-2)22(31(3,25)26)13-15-5-4-10-21-12-15/h4-10,12,16,19H,11,13-14H2,1-3H3/t16-,19+/m0/s1. The molecule has 1 fully saturated rings. The second kappa shape index (κ2) is 9.53. The number of methoxy groups -OCH3 is 2. The molecule has 3 rings (SSSR count). The molecule has 0 unspecified atom stereocenters. The SMILES string of the molecule is COC(=O)[C@H]1C[C@H](N(Cc2cccnc2)S(C)(=O)=O)CN1S(=O)(=O)c1ccc(OC)cc1. The average molecular weight is 484 g/mol. The summed E-state index contributed by atoms with van der Waals surface area (Å²) in [6, 6.07) is 7.24. The first-order chi connectivity index (χ1) is 15.1. The van der Waals surface area contributed by atoms with Crippen LogP contribution in [0.4, 0.5) is 0 Å². The Kier molecular flexibility index (Phi) is 7.18. The second-order valence-corrected chi connectivity index (χ2v) is 11.2. The average Bonchev–Trinajstić information content (AvgIpc) is 3.22. The zero-order chi connectivity index (χ0) is 23.5. The zero-order valence-corrected chi connectivity index (χ0v) is 19.5. The quantitative estimate of drug-likeness (QED) is 0.507. The Hall–Kier alpha value is -2.54. The molecule has 0 bridgehead atoms. The van der Waals surface area contributed by atoms with Gasteiger partial charge < -0.3 is 9.47 Å². The van der Waals surface area contributed by atoms with Crippen molar-refractivity contribution in [2.75, 3.05) is 27.0 Å². The minimum atomic E-state index is -4.11. The lowest BCUT2D eigenvalue weighted by Gasteiger charge is -2.26. The van der Waals surface area contributed by atoms with Crippen molar-refractivity contribution in [2.24, 2.45) is 0 Å². The third-order valence-corrected chi connectivity index (χ3v) is 8.44.